The van der Waals surface area contributed by atoms with E-state index in [9.17, 15) is 64.0 Å². The van der Waals surface area contributed by atoms with E-state index in [-0.39, 0.29) is 40.9 Å². The van der Waals surface area contributed by atoms with Crippen LogP contribution >= 0.6 is 0 Å². The average Bonchev–Trinajstić information content (AvgIpc) is 3.27. The third kappa shape index (κ3) is 8.85. The molecule has 5 aliphatic carbocycles. The van der Waals surface area contributed by atoms with Crippen LogP contribution in [0.4, 0.5) is 0 Å². The van der Waals surface area contributed by atoms with E-state index in [4.69, 9.17) is 32.6 Å². The molecule has 4 saturated carbocycles. The van der Waals surface area contributed by atoms with E-state index in [1.54, 1.807) is 0 Å². The molecule has 21 nitrogen and oxygen atoms in total. The van der Waals surface area contributed by atoms with Gasteiger partial charge in [0.15, 0.2) is 12.6 Å². The van der Waals surface area contributed by atoms with Gasteiger partial charge in [-0.2, -0.15) is 8.42 Å². The van der Waals surface area contributed by atoms with Crippen molar-refractivity contribution in [1.82, 2.24) is 0 Å². The van der Waals surface area contributed by atoms with Crippen LogP contribution in [0.25, 0.3) is 0 Å². The monoisotopic (exact) mass is 1020 g/mol. The van der Waals surface area contributed by atoms with E-state index in [0.717, 1.165) is 18.4 Å². The summed E-state index contributed by atoms with van der Waals surface area (Å²) in [6, 6.07) is 0. The molecule has 11 N–H and O–H groups in total. The van der Waals surface area contributed by atoms with Crippen molar-refractivity contribution in [2.24, 2.45) is 50.2 Å². The predicted octanol–water partition coefficient (Wildman–Crippen LogP) is -0.0340. The molecule has 0 amide bonds. The molecule has 8 aliphatic rings. The Balaban J connectivity index is 0.993. The first-order valence-electron chi connectivity index (χ1n) is 24.9. The van der Waals surface area contributed by atoms with Crippen molar-refractivity contribution in [1.29, 1.82) is 0 Å². The summed E-state index contributed by atoms with van der Waals surface area (Å²) in [6.45, 7) is 15.0. The highest BCUT2D eigenvalue weighted by Crippen LogP contribution is 2.76. The fourth-order valence-electron chi connectivity index (χ4n) is 15.2. The van der Waals surface area contributed by atoms with Gasteiger partial charge in [0, 0.05) is 0 Å². The summed E-state index contributed by atoms with van der Waals surface area (Å²) in [4.78, 5) is 15.0. The van der Waals surface area contributed by atoms with Gasteiger partial charge in [0.1, 0.15) is 72.6 Å². The quantitative estimate of drug-likeness (QED) is 0.0777. The SMILES string of the molecule is C[C@@H]1O[C@@H](O[C@H]2[C@H](O)[C@@H](O)[C@H](OC[C@H]3O[C@@H](OC(=O)[C@]45CCC(C)(C)C[C@H]4C4=CC[C@@H]6[C@@]7(C)CC[C@H](OS(=O)(=O)O)C(C)(C)[C@@H]7CC[C@@]6(C)[C@]4(C)C[C@H]5O)[C@H](O)[C@@H](O)[C@@H]3O)O[C@@H]2CO)[C@H](O)[C@H](O)[C@H]1O. The molecule has 402 valence electrons. The molecular formula is C48H78O21S. The first-order valence-corrected chi connectivity index (χ1v) is 26.3. The highest BCUT2D eigenvalue weighted by atomic mass is 32.3. The summed E-state index contributed by atoms with van der Waals surface area (Å²) < 4.78 is 73.3. The minimum absolute atomic E-state index is 0.0601. The number of carbonyl (C=O) groups excluding carboxylic acids is 1. The van der Waals surface area contributed by atoms with Gasteiger partial charge in [-0.3, -0.25) is 9.35 Å². The van der Waals surface area contributed by atoms with Crippen LogP contribution in [0.15, 0.2) is 11.6 Å². The summed E-state index contributed by atoms with van der Waals surface area (Å²) in [6.07, 6.45) is -19.8. The summed E-state index contributed by atoms with van der Waals surface area (Å²) in [5.74, 6) is -1.16. The first-order chi connectivity index (χ1) is 32.4. The van der Waals surface area contributed by atoms with Crippen LogP contribution in [-0.2, 0) is 47.8 Å². The Labute approximate surface area is 409 Å². The second-order valence-electron chi connectivity index (χ2n) is 24.1. The molecule has 3 heterocycles. The van der Waals surface area contributed by atoms with Gasteiger partial charge in [-0.1, -0.05) is 60.1 Å². The number of aliphatic hydroxyl groups excluding tert-OH is 10. The molecule has 0 aromatic heterocycles. The maximum Gasteiger partial charge on any atom is 0.397 e. The van der Waals surface area contributed by atoms with E-state index < -0.39 is 156 Å². The standard InChI is InChI=1S/C48H78O21S/c1-21-30(51)32(53)35(56)40(64-21)67-38-24(19-49)65-39(37(58)34(38)55)63-20-25-31(52)33(54)36(57)41(66-25)68-42(59)48-16-15-43(2,3)17-23(48)22-9-10-27-45(6)13-12-29(69-70(60,61)62)44(4,5)26(45)11-14-46(27,7)47(22,8)18-28(48)50/h9,21,23-41,49-58H,10-20H2,1-8H3,(H,60,61,62)/t21-,23-,24+,25+,26-,27+,28+,29-,30-,31+,32+,33-,34+,35+,36+,37+,38+,39+,40-,41-,45-,46+,47+,48+/m0/s1. The van der Waals surface area contributed by atoms with Gasteiger partial charge in [-0.15, -0.1) is 0 Å². The molecule has 3 saturated heterocycles. The van der Waals surface area contributed by atoms with Crippen LogP contribution in [0, 0.1) is 50.2 Å². The fourth-order valence-corrected chi connectivity index (χ4v) is 15.8. The average molecular weight is 1020 g/mol. The molecule has 0 unspecified atom stereocenters. The molecule has 0 aromatic rings. The molecule has 0 aromatic carbocycles. The van der Waals surface area contributed by atoms with Crippen LogP contribution < -0.4 is 0 Å². The number of ether oxygens (including phenoxy) is 6. The molecule has 0 radical (unpaired) electrons. The molecule has 7 fully saturated rings. The van der Waals surface area contributed by atoms with Gasteiger partial charge in [0.25, 0.3) is 0 Å². The number of fused-ring (bicyclic) bond motifs is 7. The maximum atomic E-state index is 15.0. The zero-order valence-corrected chi connectivity index (χ0v) is 42.1. The normalized spacial score (nSPS) is 52.2. The minimum atomic E-state index is -4.67. The summed E-state index contributed by atoms with van der Waals surface area (Å²) in [7, 11) is -4.67. The van der Waals surface area contributed by atoms with Gasteiger partial charge in [-0.25, -0.2) is 4.18 Å². The lowest BCUT2D eigenvalue weighted by Crippen LogP contribution is -2.68. The predicted molar refractivity (Wildman–Crippen MR) is 241 cm³/mol. The number of hydrogen-bond donors (Lipinski definition) is 11. The van der Waals surface area contributed by atoms with Crippen molar-refractivity contribution >= 4 is 16.4 Å². The lowest BCUT2D eigenvalue weighted by atomic mass is 9.33. The first kappa shape index (κ1) is 54.7. The van der Waals surface area contributed by atoms with Crippen molar-refractivity contribution < 1.29 is 101 Å². The Morgan fingerprint density at radius 3 is 2.00 bits per heavy atom. The third-order valence-electron chi connectivity index (χ3n) is 19.5. The lowest BCUT2D eigenvalue weighted by molar-refractivity contribution is -0.361. The Kier molecular flexibility index (Phi) is 14.8. The summed E-state index contributed by atoms with van der Waals surface area (Å²) >= 11 is 0. The van der Waals surface area contributed by atoms with E-state index in [1.165, 1.54) is 6.92 Å². The summed E-state index contributed by atoms with van der Waals surface area (Å²) in [5.41, 5.74) is -2.46. The summed E-state index contributed by atoms with van der Waals surface area (Å²) in [5, 5.41) is 109. The number of esters is 1. The van der Waals surface area contributed by atoms with Gasteiger partial charge in [0.2, 0.25) is 6.29 Å². The Morgan fingerprint density at radius 1 is 0.714 bits per heavy atom. The highest BCUT2D eigenvalue weighted by molar-refractivity contribution is 7.80. The Morgan fingerprint density at radius 2 is 1.34 bits per heavy atom. The number of rotatable bonds is 10. The van der Waals surface area contributed by atoms with Crippen molar-refractivity contribution in [3.8, 4) is 0 Å². The van der Waals surface area contributed by atoms with E-state index in [0.29, 0.717) is 32.1 Å². The van der Waals surface area contributed by atoms with Crippen LogP contribution in [0.5, 0.6) is 0 Å². The van der Waals surface area contributed by atoms with E-state index in [1.807, 2.05) is 13.8 Å². The zero-order chi connectivity index (χ0) is 51.6. The topological polar surface area (TPSA) is 338 Å². The van der Waals surface area contributed by atoms with E-state index in [2.05, 4.69) is 40.7 Å². The smallest absolute Gasteiger partial charge is 0.397 e. The number of hydrogen-bond acceptors (Lipinski definition) is 20. The van der Waals surface area contributed by atoms with Crippen molar-refractivity contribution in [2.45, 2.75) is 218 Å². The maximum absolute atomic E-state index is 15.0. The second kappa shape index (κ2) is 18.9. The molecule has 22 heteroatoms. The third-order valence-corrected chi connectivity index (χ3v) is 20.0. The van der Waals surface area contributed by atoms with Crippen LogP contribution in [0.1, 0.15) is 113 Å². The van der Waals surface area contributed by atoms with Crippen LogP contribution in [0.3, 0.4) is 0 Å². The van der Waals surface area contributed by atoms with E-state index >= 15 is 4.79 Å². The Bertz CT molecular complexity index is 2070. The van der Waals surface area contributed by atoms with Crippen molar-refractivity contribution in [2.75, 3.05) is 13.2 Å². The van der Waals surface area contributed by atoms with Gasteiger partial charge in [0.05, 0.1) is 31.5 Å². The number of carbonyl (C=O) groups is 1. The molecule has 24 atom stereocenters. The molecule has 70 heavy (non-hydrogen) atoms. The molecule has 0 bridgehead atoms. The van der Waals surface area contributed by atoms with Crippen molar-refractivity contribution in [3.63, 3.8) is 0 Å². The molecular weight excluding hydrogens is 945 g/mol. The zero-order valence-electron chi connectivity index (χ0n) is 41.3. The second-order valence-corrected chi connectivity index (χ2v) is 25.1. The molecule has 0 spiro atoms. The molecule has 8 rings (SSSR count). The number of allylic oxidation sites excluding steroid dienone is 2. The highest BCUT2D eigenvalue weighted by Gasteiger charge is 2.72. The number of aliphatic hydroxyl groups is 10. The largest absolute Gasteiger partial charge is 0.432 e. The van der Waals surface area contributed by atoms with Gasteiger partial charge < -0.3 is 79.5 Å². The van der Waals surface area contributed by atoms with Crippen molar-refractivity contribution in [3.05, 3.63) is 11.6 Å². The minimum Gasteiger partial charge on any atom is -0.432 e. The van der Waals surface area contributed by atoms with Gasteiger partial charge >= 0.3 is 16.4 Å². The fraction of sp³-hybridized carbons (Fsp3) is 0.938. The Hall–Kier alpha value is -1.52. The van der Waals surface area contributed by atoms with Gasteiger partial charge in [-0.05, 0) is 110 Å². The lowest BCUT2D eigenvalue weighted by Gasteiger charge is -2.71. The molecule has 3 aliphatic heterocycles. The van der Waals surface area contributed by atoms with Crippen LogP contribution in [0.2, 0.25) is 0 Å². The van der Waals surface area contributed by atoms with Crippen LogP contribution in [-0.4, -0.2) is 188 Å².